The van der Waals surface area contributed by atoms with E-state index in [1.165, 1.54) is 42.5 Å². The van der Waals surface area contributed by atoms with Gasteiger partial charge in [-0.05, 0) is 68.1 Å². The number of piperidine rings is 1. The second-order valence-corrected chi connectivity index (χ2v) is 7.61. The van der Waals surface area contributed by atoms with Crippen molar-refractivity contribution in [2.45, 2.75) is 43.8 Å². The molecule has 2 fully saturated rings. The molecule has 4 nitrogen and oxygen atoms in total. The predicted octanol–water partition coefficient (Wildman–Crippen LogP) is 4.27. The standard InChI is InChI=1S/C21H24N4/c1-25-19-7-8-20(25)12-18(11-19)23-17-5-2-14(3-6-17)15-4-9-21-16(10-15)13-22-24-21/h2-6,9-10,13,18-20,23H,7-8,11-12H2,1H3,(H,22,24). The van der Waals surface area contributed by atoms with Crippen molar-refractivity contribution in [2.24, 2.45) is 0 Å². The smallest absolute Gasteiger partial charge is 0.0650 e. The second kappa shape index (κ2) is 5.88. The third-order valence-electron chi connectivity index (χ3n) is 6.13. The first kappa shape index (κ1) is 15.0. The Morgan fingerprint density at radius 3 is 2.48 bits per heavy atom. The number of hydrogen-bond acceptors (Lipinski definition) is 3. The number of hydrogen-bond donors (Lipinski definition) is 2. The van der Waals surface area contributed by atoms with Crippen molar-refractivity contribution in [1.82, 2.24) is 15.1 Å². The fourth-order valence-electron chi connectivity index (χ4n) is 4.65. The quantitative estimate of drug-likeness (QED) is 0.753. The van der Waals surface area contributed by atoms with Crippen LogP contribution in [0.1, 0.15) is 25.7 Å². The van der Waals surface area contributed by atoms with Gasteiger partial charge in [0.2, 0.25) is 0 Å². The molecule has 5 rings (SSSR count). The molecule has 2 saturated heterocycles. The maximum absolute atomic E-state index is 4.10. The molecule has 0 radical (unpaired) electrons. The Balaban J connectivity index is 1.31. The Morgan fingerprint density at radius 2 is 1.72 bits per heavy atom. The summed E-state index contributed by atoms with van der Waals surface area (Å²) in [6.45, 7) is 0. The lowest BCUT2D eigenvalue weighted by molar-refractivity contribution is 0.169. The summed E-state index contributed by atoms with van der Waals surface area (Å²) in [4.78, 5) is 2.59. The fourth-order valence-corrected chi connectivity index (χ4v) is 4.65. The van der Waals surface area contributed by atoms with Gasteiger partial charge in [-0.25, -0.2) is 0 Å². The number of fused-ring (bicyclic) bond motifs is 3. The minimum atomic E-state index is 0.613. The van der Waals surface area contributed by atoms with Gasteiger partial charge in [-0.1, -0.05) is 18.2 Å². The number of nitrogens with zero attached hydrogens (tertiary/aromatic N) is 2. The van der Waals surface area contributed by atoms with Gasteiger partial charge in [0.25, 0.3) is 0 Å². The third-order valence-corrected chi connectivity index (χ3v) is 6.13. The number of rotatable bonds is 3. The van der Waals surface area contributed by atoms with Crippen LogP contribution in [0.25, 0.3) is 22.0 Å². The molecule has 3 aromatic rings. The van der Waals surface area contributed by atoms with Crippen LogP contribution in [0, 0.1) is 0 Å². The van der Waals surface area contributed by atoms with Crippen LogP contribution in [0.2, 0.25) is 0 Å². The Kier molecular flexibility index (Phi) is 3.52. The molecule has 0 amide bonds. The van der Waals surface area contributed by atoms with Crippen molar-refractivity contribution in [3.05, 3.63) is 48.7 Å². The molecule has 2 aliphatic rings. The lowest BCUT2D eigenvalue weighted by Crippen LogP contribution is -2.44. The van der Waals surface area contributed by atoms with Gasteiger partial charge >= 0.3 is 0 Å². The summed E-state index contributed by atoms with van der Waals surface area (Å²) in [6, 6.07) is 17.5. The van der Waals surface area contributed by atoms with E-state index in [1.54, 1.807) is 0 Å². The lowest BCUT2D eigenvalue weighted by atomic mass is 9.97. The number of H-pyrrole nitrogens is 1. The molecule has 0 aliphatic carbocycles. The highest BCUT2D eigenvalue weighted by Gasteiger charge is 2.38. The minimum Gasteiger partial charge on any atom is -0.382 e. The summed E-state index contributed by atoms with van der Waals surface area (Å²) in [5, 5.41) is 12.0. The van der Waals surface area contributed by atoms with Gasteiger partial charge in [0, 0.05) is 29.2 Å². The van der Waals surface area contributed by atoms with E-state index in [4.69, 9.17) is 0 Å². The SMILES string of the molecule is CN1C2CCC1CC(Nc1ccc(-c3ccc4[nH]ncc4c3)cc1)C2. The van der Waals surface area contributed by atoms with Crippen molar-refractivity contribution >= 4 is 16.6 Å². The number of nitrogens with one attached hydrogen (secondary N) is 2. The number of benzene rings is 2. The Morgan fingerprint density at radius 1 is 1.00 bits per heavy atom. The largest absolute Gasteiger partial charge is 0.382 e. The maximum Gasteiger partial charge on any atom is 0.0650 e. The Bertz CT molecular complexity index is 868. The summed E-state index contributed by atoms with van der Waals surface area (Å²) < 4.78 is 0. The first-order chi connectivity index (χ1) is 12.3. The van der Waals surface area contributed by atoms with E-state index in [0.717, 1.165) is 23.0 Å². The molecule has 2 atom stereocenters. The van der Waals surface area contributed by atoms with Gasteiger partial charge in [-0.2, -0.15) is 5.10 Å². The van der Waals surface area contributed by atoms with E-state index < -0.39 is 0 Å². The van der Waals surface area contributed by atoms with E-state index >= 15 is 0 Å². The van der Waals surface area contributed by atoms with Gasteiger partial charge in [0.15, 0.2) is 0 Å². The predicted molar refractivity (Wildman–Crippen MR) is 103 cm³/mol. The second-order valence-electron chi connectivity index (χ2n) is 7.61. The monoisotopic (exact) mass is 332 g/mol. The highest BCUT2D eigenvalue weighted by molar-refractivity contribution is 5.84. The number of aromatic nitrogens is 2. The molecule has 4 heteroatoms. The van der Waals surface area contributed by atoms with Gasteiger partial charge in [0.1, 0.15) is 0 Å². The molecule has 128 valence electrons. The molecule has 2 unspecified atom stereocenters. The van der Waals surface area contributed by atoms with Gasteiger partial charge in [-0.15, -0.1) is 0 Å². The molecule has 2 bridgehead atoms. The Hall–Kier alpha value is -2.33. The van der Waals surface area contributed by atoms with Gasteiger partial charge < -0.3 is 10.2 Å². The molecule has 3 heterocycles. The number of anilines is 1. The summed E-state index contributed by atoms with van der Waals surface area (Å²) in [5.74, 6) is 0. The maximum atomic E-state index is 4.10. The zero-order valence-electron chi connectivity index (χ0n) is 14.6. The molecule has 0 saturated carbocycles. The molecular formula is C21H24N4. The van der Waals surface area contributed by atoms with Crippen LogP contribution in [0.3, 0.4) is 0 Å². The van der Waals surface area contributed by atoms with Crippen LogP contribution in [0.15, 0.2) is 48.7 Å². The van der Waals surface area contributed by atoms with E-state index in [2.05, 4.69) is 69.9 Å². The highest BCUT2D eigenvalue weighted by atomic mass is 15.2. The first-order valence-corrected chi connectivity index (χ1v) is 9.28. The lowest BCUT2D eigenvalue weighted by Gasteiger charge is -2.37. The van der Waals surface area contributed by atoms with Crippen LogP contribution >= 0.6 is 0 Å². The van der Waals surface area contributed by atoms with Crippen LogP contribution in [0.5, 0.6) is 0 Å². The molecule has 2 aromatic carbocycles. The molecule has 2 aliphatic heterocycles. The fraction of sp³-hybridized carbons (Fsp3) is 0.381. The average molecular weight is 332 g/mol. The average Bonchev–Trinajstić information content (AvgIpc) is 3.16. The van der Waals surface area contributed by atoms with Crippen LogP contribution in [-0.4, -0.2) is 40.3 Å². The normalized spacial score (nSPS) is 26.2. The first-order valence-electron chi connectivity index (χ1n) is 9.28. The van der Waals surface area contributed by atoms with Crippen molar-refractivity contribution in [3.63, 3.8) is 0 Å². The molecule has 1 aromatic heterocycles. The van der Waals surface area contributed by atoms with Gasteiger partial charge in [-0.3, -0.25) is 5.10 Å². The summed E-state index contributed by atoms with van der Waals surface area (Å²) in [7, 11) is 2.30. The summed E-state index contributed by atoms with van der Waals surface area (Å²) in [5.41, 5.74) is 4.80. The molecule has 25 heavy (non-hydrogen) atoms. The van der Waals surface area contributed by atoms with Crippen LogP contribution in [-0.2, 0) is 0 Å². The molecular weight excluding hydrogens is 308 g/mol. The van der Waals surface area contributed by atoms with Crippen molar-refractivity contribution in [3.8, 4) is 11.1 Å². The van der Waals surface area contributed by atoms with Crippen molar-refractivity contribution in [1.29, 1.82) is 0 Å². The van der Waals surface area contributed by atoms with Crippen molar-refractivity contribution in [2.75, 3.05) is 12.4 Å². The van der Waals surface area contributed by atoms with E-state index in [9.17, 15) is 0 Å². The minimum absolute atomic E-state index is 0.613. The summed E-state index contributed by atoms with van der Waals surface area (Å²) in [6.07, 6.45) is 7.16. The molecule has 0 spiro atoms. The van der Waals surface area contributed by atoms with E-state index in [0.29, 0.717) is 6.04 Å². The van der Waals surface area contributed by atoms with Crippen LogP contribution in [0.4, 0.5) is 5.69 Å². The van der Waals surface area contributed by atoms with Gasteiger partial charge in [0.05, 0.1) is 11.7 Å². The van der Waals surface area contributed by atoms with E-state index in [1.807, 2.05) is 6.20 Å². The zero-order valence-corrected chi connectivity index (χ0v) is 14.6. The topological polar surface area (TPSA) is 44.0 Å². The van der Waals surface area contributed by atoms with Crippen molar-refractivity contribution < 1.29 is 0 Å². The highest BCUT2D eigenvalue weighted by Crippen LogP contribution is 2.35. The summed E-state index contributed by atoms with van der Waals surface area (Å²) >= 11 is 0. The van der Waals surface area contributed by atoms with E-state index in [-0.39, 0.29) is 0 Å². The third kappa shape index (κ3) is 2.71. The van der Waals surface area contributed by atoms with Crippen LogP contribution < -0.4 is 5.32 Å². The number of aromatic amines is 1. The Labute approximate surface area is 148 Å². The zero-order chi connectivity index (χ0) is 16.8. The molecule has 2 N–H and O–H groups in total.